The van der Waals surface area contributed by atoms with Gasteiger partial charge in [0, 0.05) is 23.2 Å². The van der Waals surface area contributed by atoms with Crippen LogP contribution in [0.5, 0.6) is 0 Å². The molecule has 2 aromatic carbocycles. The van der Waals surface area contributed by atoms with E-state index in [0.29, 0.717) is 0 Å². The van der Waals surface area contributed by atoms with Gasteiger partial charge < -0.3 is 4.57 Å². The standard InChI is InChI=1S/C22H23N3O2/c1-15(2)25-21(18-9-5-4-6-10-18)16(3)23-22(25)19-11-7-8-17(14-19)12-13-20(26)24-27/h4-15,27H,1-3H3,(H,24,26). The normalized spacial score (nSPS) is 11.3. The second-order valence-electron chi connectivity index (χ2n) is 6.63. The molecule has 0 atom stereocenters. The maximum atomic E-state index is 11.2. The van der Waals surface area contributed by atoms with E-state index in [9.17, 15) is 4.79 Å². The molecule has 0 bridgehead atoms. The summed E-state index contributed by atoms with van der Waals surface area (Å²) in [6, 6.07) is 18.3. The molecule has 5 heteroatoms. The number of aromatic nitrogens is 2. The lowest BCUT2D eigenvalue weighted by Gasteiger charge is -2.16. The molecule has 0 aliphatic heterocycles. The van der Waals surface area contributed by atoms with Crippen molar-refractivity contribution in [1.82, 2.24) is 15.0 Å². The summed E-state index contributed by atoms with van der Waals surface area (Å²) < 4.78 is 2.24. The highest BCUT2D eigenvalue weighted by Crippen LogP contribution is 2.33. The molecule has 3 aromatic rings. The first-order valence-corrected chi connectivity index (χ1v) is 8.88. The number of hydroxylamine groups is 1. The van der Waals surface area contributed by atoms with Crippen LogP contribution in [-0.4, -0.2) is 20.7 Å². The van der Waals surface area contributed by atoms with E-state index < -0.39 is 5.91 Å². The van der Waals surface area contributed by atoms with Crippen molar-refractivity contribution in [3.05, 3.63) is 71.9 Å². The molecule has 27 heavy (non-hydrogen) atoms. The summed E-state index contributed by atoms with van der Waals surface area (Å²) in [5.74, 6) is 0.328. The van der Waals surface area contributed by atoms with Crippen LogP contribution in [0.4, 0.5) is 0 Å². The van der Waals surface area contributed by atoms with Gasteiger partial charge in [-0.05, 0) is 38.5 Å². The van der Waals surface area contributed by atoms with Crippen molar-refractivity contribution in [2.75, 3.05) is 0 Å². The molecule has 0 spiro atoms. The van der Waals surface area contributed by atoms with E-state index in [1.54, 1.807) is 11.6 Å². The number of amides is 1. The molecule has 1 aromatic heterocycles. The van der Waals surface area contributed by atoms with E-state index >= 15 is 0 Å². The van der Waals surface area contributed by atoms with E-state index in [-0.39, 0.29) is 6.04 Å². The second kappa shape index (κ2) is 8.01. The molecule has 0 aliphatic rings. The zero-order chi connectivity index (χ0) is 19.4. The first-order valence-electron chi connectivity index (χ1n) is 8.88. The smallest absolute Gasteiger partial charge is 0.267 e. The summed E-state index contributed by atoms with van der Waals surface area (Å²) in [7, 11) is 0. The highest BCUT2D eigenvalue weighted by Gasteiger charge is 2.19. The van der Waals surface area contributed by atoms with Crippen LogP contribution in [0.3, 0.4) is 0 Å². The number of aryl methyl sites for hydroxylation is 1. The summed E-state index contributed by atoms with van der Waals surface area (Å²) in [5, 5.41) is 8.62. The van der Waals surface area contributed by atoms with Crippen molar-refractivity contribution >= 4 is 12.0 Å². The Morgan fingerprint density at radius 2 is 1.81 bits per heavy atom. The molecule has 0 saturated carbocycles. The number of imidazole rings is 1. The lowest BCUT2D eigenvalue weighted by molar-refractivity contribution is -0.124. The fourth-order valence-corrected chi connectivity index (χ4v) is 3.19. The lowest BCUT2D eigenvalue weighted by Crippen LogP contribution is -2.14. The number of hydrogen-bond donors (Lipinski definition) is 2. The molecular weight excluding hydrogens is 338 g/mol. The minimum Gasteiger partial charge on any atom is -0.321 e. The SMILES string of the molecule is Cc1nc(-c2cccc(C=CC(=O)NO)c2)n(C(C)C)c1-c1ccccc1. The van der Waals surface area contributed by atoms with Crippen LogP contribution in [0.25, 0.3) is 28.7 Å². The quantitative estimate of drug-likeness (QED) is 0.396. The predicted molar refractivity (Wildman–Crippen MR) is 107 cm³/mol. The van der Waals surface area contributed by atoms with Gasteiger partial charge in [0.15, 0.2) is 0 Å². The summed E-state index contributed by atoms with van der Waals surface area (Å²) in [6.07, 6.45) is 2.94. The van der Waals surface area contributed by atoms with Gasteiger partial charge in [0.2, 0.25) is 0 Å². The van der Waals surface area contributed by atoms with Gasteiger partial charge in [0.1, 0.15) is 5.82 Å². The third-order valence-corrected chi connectivity index (χ3v) is 4.33. The average molecular weight is 361 g/mol. The van der Waals surface area contributed by atoms with Crippen molar-refractivity contribution in [2.24, 2.45) is 0 Å². The highest BCUT2D eigenvalue weighted by molar-refractivity contribution is 5.91. The number of carbonyl (C=O) groups excluding carboxylic acids is 1. The molecule has 2 N–H and O–H groups in total. The summed E-state index contributed by atoms with van der Waals surface area (Å²) in [5.41, 5.74) is 6.65. The van der Waals surface area contributed by atoms with Crippen LogP contribution in [0.2, 0.25) is 0 Å². The molecule has 1 amide bonds. The lowest BCUT2D eigenvalue weighted by atomic mass is 10.1. The van der Waals surface area contributed by atoms with Gasteiger partial charge in [0.05, 0.1) is 11.4 Å². The molecule has 5 nitrogen and oxygen atoms in total. The maximum Gasteiger partial charge on any atom is 0.267 e. The minimum absolute atomic E-state index is 0.232. The Hall–Kier alpha value is -3.18. The fraction of sp³-hybridized carbons (Fsp3) is 0.182. The zero-order valence-corrected chi connectivity index (χ0v) is 15.7. The number of rotatable bonds is 5. The van der Waals surface area contributed by atoms with Gasteiger partial charge in [-0.25, -0.2) is 10.5 Å². The Bertz CT molecular complexity index is 972. The van der Waals surface area contributed by atoms with Gasteiger partial charge in [-0.1, -0.05) is 48.5 Å². The monoisotopic (exact) mass is 361 g/mol. The van der Waals surface area contributed by atoms with Crippen molar-refractivity contribution < 1.29 is 10.0 Å². The number of hydrogen-bond acceptors (Lipinski definition) is 3. The van der Waals surface area contributed by atoms with E-state index in [2.05, 4.69) is 30.5 Å². The number of benzene rings is 2. The van der Waals surface area contributed by atoms with E-state index in [1.807, 2.05) is 49.4 Å². The first kappa shape index (κ1) is 18.6. The number of carbonyl (C=O) groups is 1. The zero-order valence-electron chi connectivity index (χ0n) is 15.7. The molecule has 0 radical (unpaired) electrons. The van der Waals surface area contributed by atoms with E-state index in [4.69, 9.17) is 10.2 Å². The summed E-state index contributed by atoms with van der Waals surface area (Å²) in [6.45, 7) is 6.32. The maximum absolute atomic E-state index is 11.2. The van der Waals surface area contributed by atoms with Gasteiger partial charge in [0.25, 0.3) is 5.91 Å². The predicted octanol–water partition coefficient (Wildman–Crippen LogP) is 4.63. The van der Waals surface area contributed by atoms with E-state index in [0.717, 1.165) is 33.9 Å². The summed E-state index contributed by atoms with van der Waals surface area (Å²) >= 11 is 0. The Kier molecular flexibility index (Phi) is 5.52. The van der Waals surface area contributed by atoms with Gasteiger partial charge in [-0.15, -0.1) is 0 Å². The van der Waals surface area contributed by atoms with Gasteiger partial charge in [-0.2, -0.15) is 0 Å². The largest absolute Gasteiger partial charge is 0.321 e. The third kappa shape index (κ3) is 3.99. The van der Waals surface area contributed by atoms with Gasteiger partial charge >= 0.3 is 0 Å². The van der Waals surface area contributed by atoms with Gasteiger partial charge in [-0.3, -0.25) is 10.0 Å². The van der Waals surface area contributed by atoms with Crippen LogP contribution in [0.15, 0.2) is 60.7 Å². The van der Waals surface area contributed by atoms with Crippen molar-refractivity contribution in [3.8, 4) is 22.6 Å². The molecule has 0 fully saturated rings. The molecule has 3 rings (SSSR count). The van der Waals surface area contributed by atoms with Crippen LogP contribution >= 0.6 is 0 Å². The highest BCUT2D eigenvalue weighted by atomic mass is 16.5. The Balaban J connectivity index is 2.10. The summed E-state index contributed by atoms with van der Waals surface area (Å²) in [4.78, 5) is 16.1. The minimum atomic E-state index is -0.564. The van der Waals surface area contributed by atoms with Crippen LogP contribution in [0.1, 0.15) is 31.1 Å². The third-order valence-electron chi connectivity index (χ3n) is 4.33. The van der Waals surface area contributed by atoms with Crippen molar-refractivity contribution in [1.29, 1.82) is 0 Å². The van der Waals surface area contributed by atoms with E-state index in [1.165, 1.54) is 6.08 Å². The van der Waals surface area contributed by atoms with Crippen molar-refractivity contribution in [2.45, 2.75) is 26.8 Å². The van der Waals surface area contributed by atoms with Crippen LogP contribution in [-0.2, 0) is 4.79 Å². The Morgan fingerprint density at radius 1 is 1.11 bits per heavy atom. The second-order valence-corrected chi connectivity index (χ2v) is 6.63. The Labute approximate surface area is 159 Å². The number of nitrogens with one attached hydrogen (secondary N) is 1. The average Bonchev–Trinajstić information content (AvgIpc) is 3.04. The first-order chi connectivity index (χ1) is 13.0. The molecule has 138 valence electrons. The topological polar surface area (TPSA) is 67.2 Å². The van der Waals surface area contributed by atoms with Crippen molar-refractivity contribution in [3.63, 3.8) is 0 Å². The molecule has 0 unspecified atom stereocenters. The molecule has 1 heterocycles. The molecule has 0 aliphatic carbocycles. The fourth-order valence-electron chi connectivity index (χ4n) is 3.19. The number of nitrogens with zero attached hydrogens (tertiary/aromatic N) is 2. The molecular formula is C22H23N3O2. The Morgan fingerprint density at radius 3 is 2.48 bits per heavy atom. The van der Waals surface area contributed by atoms with Crippen LogP contribution in [0, 0.1) is 6.92 Å². The van der Waals surface area contributed by atoms with Crippen LogP contribution < -0.4 is 5.48 Å². The molecule has 0 saturated heterocycles.